The molecule has 0 aliphatic carbocycles. The van der Waals surface area contributed by atoms with Crippen LogP contribution in [0.2, 0.25) is 0 Å². The van der Waals surface area contributed by atoms with E-state index < -0.39 is 0 Å². The minimum Gasteiger partial charge on any atom is -1.00 e. The van der Waals surface area contributed by atoms with Crippen LogP contribution >= 0.6 is 0 Å². The first-order valence-corrected chi connectivity index (χ1v) is 6.27. The minimum absolute atomic E-state index is 0. The molecule has 0 spiro atoms. The molecule has 0 fully saturated rings. The normalized spacial score (nSPS) is 11.3. The van der Waals surface area contributed by atoms with Gasteiger partial charge in [0.1, 0.15) is 6.54 Å². The summed E-state index contributed by atoms with van der Waals surface area (Å²) in [6.45, 7) is 1.00. The van der Waals surface area contributed by atoms with Crippen LogP contribution in [0.1, 0.15) is 11.1 Å². The highest BCUT2D eigenvalue weighted by atomic mass is 35.5. The Hall–Kier alpha value is -1.57. The fraction of sp³-hybridized carbons (Fsp3) is 0.176. The topological polar surface area (TPSA) is 0 Å². The molecule has 0 heterocycles. The van der Waals surface area contributed by atoms with Crippen molar-refractivity contribution in [3.8, 4) is 0 Å². The molecular weight excluding hydrogens is 254 g/mol. The summed E-state index contributed by atoms with van der Waals surface area (Å²) < 4.78 is 0.846. The van der Waals surface area contributed by atoms with Crippen molar-refractivity contribution in [1.29, 1.82) is 0 Å². The van der Waals surface area contributed by atoms with E-state index in [4.69, 9.17) is 0 Å². The van der Waals surface area contributed by atoms with Gasteiger partial charge in [-0.1, -0.05) is 60.7 Å². The van der Waals surface area contributed by atoms with E-state index in [1.807, 2.05) is 6.07 Å². The van der Waals surface area contributed by atoms with Gasteiger partial charge in [0, 0.05) is 5.56 Å². The number of hydrogen-bond acceptors (Lipinski definition) is 0. The maximum Gasteiger partial charge on any atom is 0.108 e. The third-order valence-electron chi connectivity index (χ3n) is 2.90. The van der Waals surface area contributed by atoms with Crippen molar-refractivity contribution in [3.05, 3.63) is 78.0 Å². The van der Waals surface area contributed by atoms with E-state index >= 15 is 0 Å². The second kappa shape index (κ2) is 7.13. The number of nitrogens with zero attached hydrogens (tertiary/aromatic N) is 1. The van der Waals surface area contributed by atoms with Crippen LogP contribution in [0.3, 0.4) is 0 Å². The van der Waals surface area contributed by atoms with Gasteiger partial charge in [-0.3, -0.25) is 4.48 Å². The lowest BCUT2D eigenvalue weighted by molar-refractivity contribution is -0.852. The zero-order valence-corrected chi connectivity index (χ0v) is 12.2. The number of hydrogen-bond donors (Lipinski definition) is 0. The monoisotopic (exact) mass is 273 g/mol. The molecule has 0 saturated heterocycles. The maximum absolute atomic E-state index is 2.24. The third kappa shape index (κ3) is 5.29. The molecule has 0 aliphatic heterocycles. The van der Waals surface area contributed by atoms with Crippen molar-refractivity contribution in [2.75, 3.05) is 14.1 Å². The molecule has 2 aromatic rings. The van der Waals surface area contributed by atoms with Gasteiger partial charge in [-0.15, -0.1) is 0 Å². The lowest BCUT2D eigenvalue weighted by atomic mass is 10.2. The standard InChI is InChI=1S/C17H20N.ClH/c1-18(2,15-17-11-7-4-8-12-17)14-13-16-9-5-3-6-10-16;/h3-14H,15H2,1-2H3;1H/q+1;/p-1. The van der Waals surface area contributed by atoms with Crippen LogP contribution in [0.5, 0.6) is 0 Å². The largest absolute Gasteiger partial charge is 1.00 e. The molecule has 0 radical (unpaired) electrons. The minimum atomic E-state index is 0. The van der Waals surface area contributed by atoms with Crippen LogP contribution in [-0.2, 0) is 6.54 Å². The molecule has 1 nitrogen and oxygen atoms in total. The summed E-state index contributed by atoms with van der Waals surface area (Å²) in [5.41, 5.74) is 2.61. The van der Waals surface area contributed by atoms with Crippen LogP contribution < -0.4 is 12.4 Å². The van der Waals surface area contributed by atoms with Crippen LogP contribution in [0.15, 0.2) is 66.9 Å². The van der Waals surface area contributed by atoms with Crippen molar-refractivity contribution >= 4 is 6.08 Å². The van der Waals surface area contributed by atoms with Gasteiger partial charge in [-0.2, -0.15) is 0 Å². The summed E-state index contributed by atoms with van der Waals surface area (Å²) in [5.74, 6) is 0. The number of quaternary nitrogens is 1. The van der Waals surface area contributed by atoms with Gasteiger partial charge in [0.15, 0.2) is 0 Å². The Kier molecular flexibility index (Phi) is 5.81. The predicted molar refractivity (Wildman–Crippen MR) is 77.7 cm³/mol. The Labute approximate surface area is 122 Å². The highest BCUT2D eigenvalue weighted by molar-refractivity contribution is 5.47. The quantitative estimate of drug-likeness (QED) is 0.728. The first-order valence-electron chi connectivity index (χ1n) is 6.27. The second-order valence-electron chi connectivity index (χ2n) is 5.15. The van der Waals surface area contributed by atoms with E-state index in [1.54, 1.807) is 0 Å². The van der Waals surface area contributed by atoms with Gasteiger partial charge in [-0.05, 0) is 11.6 Å². The molecule has 0 aliphatic rings. The van der Waals surface area contributed by atoms with Gasteiger partial charge in [0.25, 0.3) is 0 Å². The fourth-order valence-corrected chi connectivity index (χ4v) is 1.96. The van der Waals surface area contributed by atoms with Crippen molar-refractivity contribution in [2.45, 2.75) is 6.54 Å². The van der Waals surface area contributed by atoms with E-state index in [-0.39, 0.29) is 12.4 Å². The van der Waals surface area contributed by atoms with E-state index in [2.05, 4.69) is 81.0 Å². The number of benzene rings is 2. The molecule has 19 heavy (non-hydrogen) atoms. The summed E-state index contributed by atoms with van der Waals surface area (Å²) in [4.78, 5) is 0. The van der Waals surface area contributed by atoms with Crippen molar-refractivity contribution < 1.29 is 16.9 Å². The molecule has 2 aromatic carbocycles. The lowest BCUT2D eigenvalue weighted by Gasteiger charge is -2.25. The van der Waals surface area contributed by atoms with E-state index in [0.29, 0.717) is 0 Å². The zero-order valence-electron chi connectivity index (χ0n) is 11.5. The molecule has 0 amide bonds. The van der Waals surface area contributed by atoms with Crippen LogP contribution in [0, 0.1) is 0 Å². The average Bonchev–Trinajstić information content (AvgIpc) is 2.38. The van der Waals surface area contributed by atoms with Crippen molar-refractivity contribution in [2.24, 2.45) is 0 Å². The molecule has 2 rings (SSSR count). The van der Waals surface area contributed by atoms with Crippen molar-refractivity contribution in [1.82, 2.24) is 0 Å². The zero-order chi connectivity index (χ0) is 12.8. The van der Waals surface area contributed by atoms with Gasteiger partial charge in [0.05, 0.1) is 20.3 Å². The first kappa shape index (κ1) is 15.5. The molecule has 0 unspecified atom stereocenters. The van der Waals surface area contributed by atoms with Gasteiger partial charge in [0.2, 0.25) is 0 Å². The lowest BCUT2D eigenvalue weighted by Crippen LogP contribution is -3.00. The highest BCUT2D eigenvalue weighted by Gasteiger charge is 2.11. The Morgan fingerprint density at radius 3 is 1.95 bits per heavy atom. The second-order valence-corrected chi connectivity index (χ2v) is 5.15. The molecule has 0 aromatic heterocycles. The Morgan fingerprint density at radius 1 is 0.842 bits per heavy atom. The van der Waals surface area contributed by atoms with E-state index in [0.717, 1.165) is 11.0 Å². The Balaban J connectivity index is 0.00000180. The summed E-state index contributed by atoms with van der Waals surface area (Å²) in [5, 5.41) is 0. The van der Waals surface area contributed by atoms with Crippen LogP contribution in [-0.4, -0.2) is 18.6 Å². The van der Waals surface area contributed by atoms with Gasteiger partial charge >= 0.3 is 0 Å². The van der Waals surface area contributed by atoms with Crippen LogP contribution in [0.25, 0.3) is 6.08 Å². The van der Waals surface area contributed by atoms with E-state index in [1.165, 1.54) is 11.1 Å². The van der Waals surface area contributed by atoms with E-state index in [9.17, 15) is 0 Å². The maximum atomic E-state index is 2.24. The Morgan fingerprint density at radius 2 is 1.37 bits per heavy atom. The molecule has 0 atom stereocenters. The van der Waals surface area contributed by atoms with Crippen molar-refractivity contribution in [3.63, 3.8) is 0 Å². The Bertz CT molecular complexity index is 503. The summed E-state index contributed by atoms with van der Waals surface area (Å²) in [6.07, 6.45) is 4.42. The predicted octanol–water partition coefficient (Wildman–Crippen LogP) is 0.938. The molecule has 0 N–H and O–H groups in total. The molecule has 2 heteroatoms. The smallest absolute Gasteiger partial charge is 0.108 e. The first-order chi connectivity index (χ1) is 8.66. The summed E-state index contributed by atoms with van der Waals surface area (Å²) >= 11 is 0. The SMILES string of the molecule is C[N+](C)(C=Cc1ccccc1)Cc1ccccc1.[Cl-]. The average molecular weight is 274 g/mol. The number of rotatable bonds is 4. The van der Waals surface area contributed by atoms with Gasteiger partial charge < -0.3 is 12.4 Å². The summed E-state index contributed by atoms with van der Waals surface area (Å²) in [6, 6.07) is 21.0. The third-order valence-corrected chi connectivity index (χ3v) is 2.90. The highest BCUT2D eigenvalue weighted by Crippen LogP contribution is 2.11. The number of halogens is 1. The molecular formula is C17H20ClN. The van der Waals surface area contributed by atoms with Crippen LogP contribution in [0.4, 0.5) is 0 Å². The van der Waals surface area contributed by atoms with Gasteiger partial charge in [-0.25, -0.2) is 0 Å². The fourth-order valence-electron chi connectivity index (χ4n) is 1.96. The summed E-state index contributed by atoms with van der Waals surface area (Å²) in [7, 11) is 4.43. The molecule has 100 valence electrons. The molecule has 0 saturated carbocycles. The molecule has 0 bridgehead atoms.